The third-order valence-corrected chi connectivity index (χ3v) is 8.16. The molecule has 1 aliphatic carbocycles. The number of amides is 1. The maximum absolute atomic E-state index is 13.2. The summed E-state index contributed by atoms with van der Waals surface area (Å²) in [5.74, 6) is 1.35. The SMILES string of the molecule is O=C1CC2OCCC3=CN4CCC56c7ccccc7N1C5[C@H]2[C@H]3C[C@H]46. The number of carbonyl (C=O) groups excluding carboxylic acids is 1. The number of hydrogen-bond acceptors (Lipinski definition) is 3. The van der Waals surface area contributed by atoms with Gasteiger partial charge in [-0.2, -0.15) is 0 Å². The first-order valence-corrected chi connectivity index (χ1v) is 9.78. The minimum absolute atomic E-state index is 0.113. The largest absolute Gasteiger partial charge is 0.377 e. The van der Waals surface area contributed by atoms with E-state index in [1.165, 1.54) is 24.1 Å². The second kappa shape index (κ2) is 4.12. The Morgan fingerprint density at radius 2 is 2.16 bits per heavy atom. The summed E-state index contributed by atoms with van der Waals surface area (Å²) in [5.41, 5.74) is 4.32. The average molecular weight is 334 g/mol. The number of ether oxygens (including phenoxy) is 1. The molecule has 6 atom stereocenters. The molecule has 1 aromatic rings. The number of rotatable bonds is 0. The van der Waals surface area contributed by atoms with Crippen LogP contribution in [-0.4, -0.2) is 42.1 Å². The second-order valence-corrected chi connectivity index (χ2v) is 8.76. The number of fused-ring (bicyclic) bond motifs is 2. The van der Waals surface area contributed by atoms with Gasteiger partial charge in [-0.1, -0.05) is 18.2 Å². The molecule has 4 heteroatoms. The second-order valence-electron chi connectivity index (χ2n) is 8.76. The lowest BCUT2D eigenvalue weighted by Crippen LogP contribution is -2.68. The minimum atomic E-state index is 0.113. The summed E-state index contributed by atoms with van der Waals surface area (Å²) in [6, 6.07) is 9.59. The Balaban J connectivity index is 1.56. The molecule has 4 nitrogen and oxygen atoms in total. The molecule has 5 aliphatic heterocycles. The number of piperidine rings is 1. The monoisotopic (exact) mass is 334 g/mol. The zero-order chi connectivity index (χ0) is 16.3. The van der Waals surface area contributed by atoms with Gasteiger partial charge in [0.05, 0.1) is 25.2 Å². The van der Waals surface area contributed by atoms with Gasteiger partial charge in [-0.05, 0) is 48.6 Å². The van der Waals surface area contributed by atoms with Crippen LogP contribution < -0.4 is 4.90 Å². The lowest BCUT2D eigenvalue weighted by molar-refractivity contribution is -0.131. The first kappa shape index (κ1) is 13.4. The van der Waals surface area contributed by atoms with Gasteiger partial charge in [0, 0.05) is 29.6 Å². The van der Waals surface area contributed by atoms with E-state index in [9.17, 15) is 4.79 Å². The predicted molar refractivity (Wildman–Crippen MR) is 93.2 cm³/mol. The van der Waals surface area contributed by atoms with Gasteiger partial charge in [0.15, 0.2) is 0 Å². The van der Waals surface area contributed by atoms with E-state index in [0.29, 0.717) is 30.3 Å². The highest BCUT2D eigenvalue weighted by atomic mass is 16.5. The van der Waals surface area contributed by atoms with Crippen molar-refractivity contribution in [1.29, 1.82) is 0 Å². The van der Waals surface area contributed by atoms with E-state index < -0.39 is 0 Å². The fourth-order valence-electron chi connectivity index (χ4n) is 7.46. The molecular formula is C21H22N2O2. The van der Waals surface area contributed by atoms with Crippen LogP contribution in [-0.2, 0) is 14.9 Å². The molecule has 7 rings (SSSR count). The number of hydrogen-bond donors (Lipinski definition) is 0. The Hall–Kier alpha value is -1.81. The molecule has 0 N–H and O–H groups in total. The van der Waals surface area contributed by atoms with Crippen LogP contribution in [0.15, 0.2) is 36.0 Å². The summed E-state index contributed by atoms with van der Waals surface area (Å²) >= 11 is 0. The lowest BCUT2D eigenvalue weighted by atomic mass is 9.54. The molecule has 1 amide bonds. The van der Waals surface area contributed by atoms with Gasteiger partial charge in [0.25, 0.3) is 0 Å². The number of benzene rings is 1. The smallest absolute Gasteiger partial charge is 0.229 e. The summed E-state index contributed by atoms with van der Waals surface area (Å²) in [4.78, 5) is 18.0. The van der Waals surface area contributed by atoms with Crippen molar-refractivity contribution in [3.05, 3.63) is 41.6 Å². The van der Waals surface area contributed by atoms with Crippen molar-refractivity contribution in [2.45, 2.75) is 49.3 Å². The minimum Gasteiger partial charge on any atom is -0.377 e. The Bertz CT molecular complexity index is 848. The van der Waals surface area contributed by atoms with Crippen LogP contribution in [0.2, 0.25) is 0 Å². The summed E-state index contributed by atoms with van der Waals surface area (Å²) < 4.78 is 6.29. The van der Waals surface area contributed by atoms with Crippen LogP contribution in [0.3, 0.4) is 0 Å². The molecule has 25 heavy (non-hydrogen) atoms. The summed E-state index contributed by atoms with van der Waals surface area (Å²) in [6.45, 7) is 1.91. The number of para-hydroxylation sites is 1. The Morgan fingerprint density at radius 3 is 3.12 bits per heavy atom. The van der Waals surface area contributed by atoms with Gasteiger partial charge in [-0.15, -0.1) is 0 Å². The van der Waals surface area contributed by atoms with Gasteiger partial charge in [0.1, 0.15) is 0 Å². The number of carbonyl (C=O) groups is 1. The normalized spacial score (nSPS) is 45.2. The van der Waals surface area contributed by atoms with E-state index in [1.54, 1.807) is 5.57 Å². The molecule has 1 aromatic carbocycles. The molecule has 2 bridgehead atoms. The Morgan fingerprint density at radius 1 is 1.24 bits per heavy atom. The van der Waals surface area contributed by atoms with Gasteiger partial charge in [0.2, 0.25) is 5.91 Å². The summed E-state index contributed by atoms with van der Waals surface area (Å²) in [5, 5.41) is 0. The van der Waals surface area contributed by atoms with E-state index in [-0.39, 0.29) is 17.4 Å². The quantitative estimate of drug-likeness (QED) is 0.731. The number of nitrogens with zero attached hydrogens (tertiary/aromatic N) is 2. The summed E-state index contributed by atoms with van der Waals surface area (Å²) in [6.07, 6.45) is 6.62. The molecular weight excluding hydrogens is 312 g/mol. The maximum atomic E-state index is 13.2. The van der Waals surface area contributed by atoms with Crippen LogP contribution in [0, 0.1) is 11.8 Å². The van der Waals surface area contributed by atoms with Crippen LogP contribution in [0.1, 0.15) is 31.2 Å². The molecule has 128 valence electrons. The molecule has 6 aliphatic rings. The molecule has 1 spiro atoms. The van der Waals surface area contributed by atoms with Gasteiger partial charge in [-0.25, -0.2) is 0 Å². The fraction of sp³-hybridized carbons (Fsp3) is 0.571. The molecule has 0 aromatic heterocycles. The van der Waals surface area contributed by atoms with E-state index in [2.05, 4.69) is 40.3 Å². The molecule has 3 unspecified atom stereocenters. The lowest BCUT2D eigenvalue weighted by Gasteiger charge is -2.57. The Kier molecular flexibility index (Phi) is 2.21. The van der Waals surface area contributed by atoms with Crippen molar-refractivity contribution in [2.24, 2.45) is 11.8 Å². The predicted octanol–water partition coefficient (Wildman–Crippen LogP) is 2.44. The van der Waals surface area contributed by atoms with Crippen molar-refractivity contribution in [1.82, 2.24) is 4.90 Å². The molecule has 1 saturated carbocycles. The highest BCUT2D eigenvalue weighted by molar-refractivity contribution is 5.99. The topological polar surface area (TPSA) is 32.8 Å². The fourth-order valence-corrected chi connectivity index (χ4v) is 7.46. The molecule has 0 radical (unpaired) electrons. The molecule has 4 fully saturated rings. The van der Waals surface area contributed by atoms with Gasteiger partial charge >= 0.3 is 0 Å². The van der Waals surface area contributed by atoms with Crippen LogP contribution in [0.4, 0.5) is 5.69 Å². The third-order valence-electron chi connectivity index (χ3n) is 8.16. The maximum Gasteiger partial charge on any atom is 0.229 e. The van der Waals surface area contributed by atoms with E-state index in [4.69, 9.17) is 4.74 Å². The van der Waals surface area contributed by atoms with Crippen molar-refractivity contribution >= 4 is 11.6 Å². The van der Waals surface area contributed by atoms with Gasteiger partial charge < -0.3 is 14.5 Å². The Labute approximate surface area is 147 Å². The van der Waals surface area contributed by atoms with E-state index in [1.807, 2.05) is 0 Å². The van der Waals surface area contributed by atoms with Crippen molar-refractivity contribution in [2.75, 3.05) is 18.1 Å². The first-order chi connectivity index (χ1) is 12.3. The van der Waals surface area contributed by atoms with Crippen molar-refractivity contribution in [3.8, 4) is 0 Å². The van der Waals surface area contributed by atoms with Crippen LogP contribution in [0.5, 0.6) is 0 Å². The van der Waals surface area contributed by atoms with E-state index in [0.717, 1.165) is 19.6 Å². The zero-order valence-corrected chi connectivity index (χ0v) is 14.2. The number of anilines is 1. The standard InChI is InChI=1S/C21H22N2O2/c24-18-10-16-19-13-9-17-21(6-7-22(17)11-12(13)5-8-25-16)14-3-1-2-4-15(14)23(18)20(19)21/h1-4,11,13,16-17,19-20H,5-10H2/t13-,16?,17-,19-,20?,21?/m0/s1. The van der Waals surface area contributed by atoms with E-state index >= 15 is 0 Å². The summed E-state index contributed by atoms with van der Waals surface area (Å²) in [7, 11) is 0. The zero-order valence-electron chi connectivity index (χ0n) is 14.2. The highest BCUT2D eigenvalue weighted by Crippen LogP contribution is 2.65. The third kappa shape index (κ3) is 1.31. The van der Waals surface area contributed by atoms with Crippen LogP contribution >= 0.6 is 0 Å². The van der Waals surface area contributed by atoms with Crippen molar-refractivity contribution < 1.29 is 9.53 Å². The van der Waals surface area contributed by atoms with Crippen LogP contribution in [0.25, 0.3) is 0 Å². The first-order valence-electron chi connectivity index (χ1n) is 9.78. The molecule has 3 saturated heterocycles. The van der Waals surface area contributed by atoms with Crippen molar-refractivity contribution in [3.63, 3.8) is 0 Å². The highest BCUT2D eigenvalue weighted by Gasteiger charge is 2.70. The molecule has 5 heterocycles. The van der Waals surface area contributed by atoms with Gasteiger partial charge in [-0.3, -0.25) is 4.79 Å². The average Bonchev–Trinajstić information content (AvgIpc) is 3.10.